The molecule has 0 bridgehead atoms. The molecule has 1 aromatic rings. The molecule has 3 heteroatoms. The van der Waals surface area contributed by atoms with Gasteiger partial charge in [0.2, 0.25) is 0 Å². The molecule has 0 saturated carbocycles. The van der Waals surface area contributed by atoms with Gasteiger partial charge in [-0.1, -0.05) is 52.2 Å². The van der Waals surface area contributed by atoms with Gasteiger partial charge >= 0.3 is 0 Å². The summed E-state index contributed by atoms with van der Waals surface area (Å²) in [6, 6.07) is 8.18. The lowest BCUT2D eigenvalue weighted by Crippen LogP contribution is -2.32. The molecule has 2 rings (SSSR count). The van der Waals surface area contributed by atoms with Crippen molar-refractivity contribution in [3.05, 3.63) is 35.4 Å². The summed E-state index contributed by atoms with van der Waals surface area (Å²) < 4.78 is 0. The van der Waals surface area contributed by atoms with Crippen molar-refractivity contribution in [3.8, 4) is 0 Å². The fourth-order valence-electron chi connectivity index (χ4n) is 3.52. The first kappa shape index (κ1) is 20.0. The van der Waals surface area contributed by atoms with Crippen molar-refractivity contribution in [2.75, 3.05) is 19.6 Å². The SMILES string of the molecule is CCCCC(CC)CNC(=O)c1ccc(CN2CCC(C)CC2)cc1. The lowest BCUT2D eigenvalue weighted by molar-refractivity contribution is 0.0946. The Morgan fingerprint density at radius 3 is 2.48 bits per heavy atom. The minimum absolute atomic E-state index is 0.0632. The van der Waals surface area contributed by atoms with E-state index in [0.29, 0.717) is 5.92 Å². The van der Waals surface area contributed by atoms with Gasteiger partial charge in [-0.15, -0.1) is 0 Å². The maximum atomic E-state index is 12.4. The molecule has 1 unspecified atom stereocenters. The summed E-state index contributed by atoms with van der Waals surface area (Å²) in [6.45, 7) is 11.0. The molecule has 25 heavy (non-hydrogen) atoms. The number of piperidine rings is 1. The number of carbonyl (C=O) groups is 1. The van der Waals surface area contributed by atoms with Crippen molar-refractivity contribution in [3.63, 3.8) is 0 Å². The molecule has 3 nitrogen and oxygen atoms in total. The van der Waals surface area contributed by atoms with Crippen molar-refractivity contribution >= 4 is 5.91 Å². The molecule has 1 N–H and O–H groups in total. The van der Waals surface area contributed by atoms with Crippen LogP contribution in [-0.4, -0.2) is 30.4 Å². The second-order valence-electron chi connectivity index (χ2n) is 7.78. The van der Waals surface area contributed by atoms with Crippen LogP contribution in [0.1, 0.15) is 75.2 Å². The van der Waals surface area contributed by atoms with Crippen LogP contribution in [0.3, 0.4) is 0 Å². The summed E-state index contributed by atoms with van der Waals surface area (Å²) in [6.07, 6.45) is 7.42. The zero-order valence-electron chi connectivity index (χ0n) is 16.4. The highest BCUT2D eigenvalue weighted by molar-refractivity contribution is 5.94. The average Bonchev–Trinajstić information content (AvgIpc) is 2.64. The molecule has 0 aliphatic carbocycles. The van der Waals surface area contributed by atoms with Gasteiger partial charge in [0.1, 0.15) is 0 Å². The van der Waals surface area contributed by atoms with Gasteiger partial charge in [0.25, 0.3) is 5.91 Å². The molecule has 1 fully saturated rings. The first-order valence-electron chi connectivity index (χ1n) is 10.2. The predicted molar refractivity (Wildman–Crippen MR) is 106 cm³/mol. The van der Waals surface area contributed by atoms with Crippen molar-refractivity contribution < 1.29 is 4.79 Å². The van der Waals surface area contributed by atoms with E-state index in [0.717, 1.165) is 31.0 Å². The van der Waals surface area contributed by atoms with Crippen LogP contribution in [0.2, 0.25) is 0 Å². The van der Waals surface area contributed by atoms with E-state index in [4.69, 9.17) is 0 Å². The first-order valence-corrected chi connectivity index (χ1v) is 10.2. The Kier molecular flexibility index (Phi) is 8.47. The molecular formula is C22H36N2O. The third-order valence-electron chi connectivity index (χ3n) is 5.59. The molecule has 0 spiro atoms. The second kappa shape index (κ2) is 10.6. The number of rotatable bonds is 9. The van der Waals surface area contributed by atoms with E-state index in [9.17, 15) is 4.79 Å². The third kappa shape index (κ3) is 6.81. The Morgan fingerprint density at radius 1 is 1.20 bits per heavy atom. The van der Waals surface area contributed by atoms with Crippen LogP contribution in [0.25, 0.3) is 0 Å². The average molecular weight is 345 g/mol. The number of nitrogens with one attached hydrogen (secondary N) is 1. The zero-order chi connectivity index (χ0) is 18.1. The van der Waals surface area contributed by atoms with E-state index in [2.05, 4.69) is 43.1 Å². The van der Waals surface area contributed by atoms with Crippen LogP contribution in [0.15, 0.2) is 24.3 Å². The van der Waals surface area contributed by atoms with Crippen molar-refractivity contribution in [1.29, 1.82) is 0 Å². The molecular weight excluding hydrogens is 308 g/mol. The number of benzene rings is 1. The fraction of sp³-hybridized carbons (Fsp3) is 0.682. The van der Waals surface area contributed by atoms with Gasteiger partial charge in [-0.2, -0.15) is 0 Å². The highest BCUT2D eigenvalue weighted by Gasteiger charge is 2.16. The third-order valence-corrected chi connectivity index (χ3v) is 5.59. The minimum atomic E-state index is 0.0632. The maximum Gasteiger partial charge on any atom is 0.251 e. The summed E-state index contributed by atoms with van der Waals surface area (Å²) in [7, 11) is 0. The van der Waals surface area contributed by atoms with E-state index in [1.54, 1.807) is 0 Å². The summed E-state index contributed by atoms with van der Waals surface area (Å²) in [4.78, 5) is 14.9. The van der Waals surface area contributed by atoms with Crippen molar-refractivity contribution in [2.45, 2.75) is 65.8 Å². The number of hydrogen-bond donors (Lipinski definition) is 1. The van der Waals surface area contributed by atoms with E-state index in [1.807, 2.05) is 12.1 Å². The highest BCUT2D eigenvalue weighted by Crippen LogP contribution is 2.18. The Hall–Kier alpha value is -1.35. The van der Waals surface area contributed by atoms with E-state index in [1.165, 1.54) is 50.8 Å². The largest absolute Gasteiger partial charge is 0.352 e. The monoisotopic (exact) mass is 344 g/mol. The standard InChI is InChI=1S/C22H36N2O/c1-4-6-7-19(5-2)16-23-22(25)21-10-8-20(9-11-21)17-24-14-12-18(3)13-15-24/h8-11,18-19H,4-7,12-17H2,1-3H3,(H,23,25). The Bertz CT molecular complexity index is 503. The van der Waals surface area contributed by atoms with Gasteiger partial charge in [-0.3, -0.25) is 9.69 Å². The number of carbonyl (C=O) groups excluding carboxylic acids is 1. The van der Waals surface area contributed by atoms with Crippen LogP contribution in [-0.2, 0) is 6.54 Å². The Balaban J connectivity index is 1.79. The van der Waals surface area contributed by atoms with Crippen LogP contribution in [0.5, 0.6) is 0 Å². The molecule has 1 saturated heterocycles. The zero-order valence-corrected chi connectivity index (χ0v) is 16.4. The van der Waals surface area contributed by atoms with Crippen LogP contribution < -0.4 is 5.32 Å². The summed E-state index contributed by atoms with van der Waals surface area (Å²) >= 11 is 0. The van der Waals surface area contributed by atoms with Gasteiger partial charge in [0.15, 0.2) is 0 Å². The molecule has 0 radical (unpaired) electrons. The Labute approximate surface area is 154 Å². The molecule has 1 heterocycles. The number of amides is 1. The lowest BCUT2D eigenvalue weighted by Gasteiger charge is -2.30. The molecule has 1 aromatic carbocycles. The van der Waals surface area contributed by atoms with Gasteiger partial charge in [-0.25, -0.2) is 0 Å². The maximum absolute atomic E-state index is 12.4. The smallest absolute Gasteiger partial charge is 0.251 e. The minimum Gasteiger partial charge on any atom is -0.352 e. The van der Waals surface area contributed by atoms with Crippen LogP contribution in [0, 0.1) is 11.8 Å². The van der Waals surface area contributed by atoms with Crippen LogP contribution in [0.4, 0.5) is 0 Å². The topological polar surface area (TPSA) is 32.3 Å². The number of unbranched alkanes of at least 4 members (excludes halogenated alkanes) is 1. The van der Waals surface area contributed by atoms with Crippen molar-refractivity contribution in [1.82, 2.24) is 10.2 Å². The highest BCUT2D eigenvalue weighted by atomic mass is 16.1. The van der Waals surface area contributed by atoms with Gasteiger partial charge < -0.3 is 5.32 Å². The van der Waals surface area contributed by atoms with Gasteiger partial charge in [0.05, 0.1) is 0 Å². The molecule has 1 amide bonds. The van der Waals surface area contributed by atoms with E-state index < -0.39 is 0 Å². The van der Waals surface area contributed by atoms with Gasteiger partial charge in [0, 0.05) is 18.7 Å². The number of likely N-dealkylation sites (tertiary alicyclic amines) is 1. The predicted octanol–water partition coefficient (Wildman–Crippen LogP) is 4.86. The molecule has 1 atom stereocenters. The lowest BCUT2D eigenvalue weighted by atomic mass is 9.98. The summed E-state index contributed by atoms with van der Waals surface area (Å²) in [5.74, 6) is 1.53. The van der Waals surface area contributed by atoms with E-state index in [-0.39, 0.29) is 5.91 Å². The summed E-state index contributed by atoms with van der Waals surface area (Å²) in [5, 5.41) is 3.12. The molecule has 1 aliphatic rings. The quantitative estimate of drug-likeness (QED) is 0.693. The second-order valence-corrected chi connectivity index (χ2v) is 7.78. The molecule has 1 aliphatic heterocycles. The van der Waals surface area contributed by atoms with E-state index >= 15 is 0 Å². The summed E-state index contributed by atoms with van der Waals surface area (Å²) in [5.41, 5.74) is 2.09. The number of nitrogens with zero attached hydrogens (tertiary/aromatic N) is 1. The van der Waals surface area contributed by atoms with Gasteiger partial charge in [-0.05, 0) is 61.9 Å². The molecule has 0 aromatic heterocycles. The fourth-order valence-corrected chi connectivity index (χ4v) is 3.52. The van der Waals surface area contributed by atoms with Crippen molar-refractivity contribution in [2.24, 2.45) is 11.8 Å². The Morgan fingerprint density at radius 2 is 1.88 bits per heavy atom. The van der Waals surface area contributed by atoms with Crippen LogP contribution >= 0.6 is 0 Å². The molecule has 140 valence electrons. The number of hydrogen-bond acceptors (Lipinski definition) is 2. The normalized spacial score (nSPS) is 17.4. The first-order chi connectivity index (χ1) is 12.1.